The summed E-state index contributed by atoms with van der Waals surface area (Å²) in [4.78, 5) is 14.6. The molecular formula is C11H16Cl2N2OS. The first-order chi connectivity index (χ1) is 7.59. The fourth-order valence-corrected chi connectivity index (χ4v) is 3.15. The Bertz CT molecular complexity index is 408. The monoisotopic (exact) mass is 294 g/mol. The normalized spacial score (nSPS) is 19.9. The minimum Gasteiger partial charge on any atom is -0.336 e. The summed E-state index contributed by atoms with van der Waals surface area (Å²) >= 11 is 7.51. The lowest BCUT2D eigenvalue weighted by atomic mass is 10.1. The molecule has 1 atom stereocenters. The van der Waals surface area contributed by atoms with E-state index in [0.29, 0.717) is 16.4 Å². The molecule has 0 unspecified atom stereocenters. The number of aryl methyl sites for hydroxylation is 1. The van der Waals surface area contributed by atoms with Crippen molar-refractivity contribution in [2.24, 2.45) is 5.73 Å². The van der Waals surface area contributed by atoms with E-state index in [4.69, 9.17) is 17.3 Å². The zero-order valence-corrected chi connectivity index (χ0v) is 12.0. The lowest BCUT2D eigenvalue weighted by molar-refractivity contribution is 0.0714. The van der Waals surface area contributed by atoms with Crippen molar-refractivity contribution in [3.8, 4) is 0 Å². The molecule has 1 aliphatic rings. The van der Waals surface area contributed by atoms with Crippen LogP contribution < -0.4 is 5.73 Å². The molecule has 1 aliphatic heterocycles. The van der Waals surface area contributed by atoms with Crippen LogP contribution in [0.3, 0.4) is 0 Å². The van der Waals surface area contributed by atoms with E-state index < -0.39 is 0 Å². The van der Waals surface area contributed by atoms with Gasteiger partial charge in [-0.2, -0.15) is 0 Å². The van der Waals surface area contributed by atoms with Crippen molar-refractivity contribution >= 4 is 41.3 Å². The van der Waals surface area contributed by atoms with Gasteiger partial charge in [-0.25, -0.2) is 0 Å². The molecule has 0 aliphatic carbocycles. The molecule has 0 radical (unpaired) electrons. The van der Waals surface area contributed by atoms with E-state index in [9.17, 15) is 4.79 Å². The van der Waals surface area contributed by atoms with Crippen molar-refractivity contribution in [1.29, 1.82) is 0 Å². The van der Waals surface area contributed by atoms with Gasteiger partial charge >= 0.3 is 0 Å². The number of likely N-dealkylation sites (tertiary alicyclic amines) is 1. The molecule has 96 valence electrons. The van der Waals surface area contributed by atoms with E-state index in [1.807, 2.05) is 17.2 Å². The first-order valence-corrected chi connectivity index (χ1v) is 6.64. The lowest BCUT2D eigenvalue weighted by Crippen LogP contribution is -2.45. The molecule has 0 bridgehead atoms. The Labute approximate surface area is 116 Å². The number of hydrogen-bond acceptors (Lipinski definition) is 3. The predicted octanol–water partition coefficient (Wildman–Crippen LogP) is 2.70. The zero-order chi connectivity index (χ0) is 11.7. The van der Waals surface area contributed by atoms with Crippen LogP contribution in [0.4, 0.5) is 0 Å². The van der Waals surface area contributed by atoms with E-state index in [-0.39, 0.29) is 24.4 Å². The summed E-state index contributed by atoms with van der Waals surface area (Å²) in [5, 5.41) is 2.51. The van der Waals surface area contributed by atoms with E-state index in [0.717, 1.165) is 24.9 Å². The van der Waals surface area contributed by atoms with Crippen LogP contribution in [-0.2, 0) is 0 Å². The smallest absolute Gasteiger partial charge is 0.265 e. The fraction of sp³-hybridized carbons (Fsp3) is 0.545. The molecule has 3 nitrogen and oxygen atoms in total. The van der Waals surface area contributed by atoms with Crippen LogP contribution in [0.2, 0.25) is 5.02 Å². The number of nitrogens with zero attached hydrogens (tertiary/aromatic N) is 1. The number of rotatable bonds is 1. The molecule has 1 saturated heterocycles. The first kappa shape index (κ1) is 14.8. The van der Waals surface area contributed by atoms with Crippen molar-refractivity contribution in [2.75, 3.05) is 13.1 Å². The Morgan fingerprint density at radius 1 is 1.65 bits per heavy atom. The summed E-state index contributed by atoms with van der Waals surface area (Å²) in [6, 6.07) is 0.109. The number of halogens is 2. The zero-order valence-electron chi connectivity index (χ0n) is 9.61. The Morgan fingerprint density at radius 3 is 2.88 bits per heavy atom. The highest BCUT2D eigenvalue weighted by atomic mass is 35.5. The number of hydrogen-bond donors (Lipinski definition) is 1. The molecule has 2 N–H and O–H groups in total. The number of carbonyl (C=O) groups excluding carboxylic acids is 1. The second-order valence-corrected chi connectivity index (χ2v) is 5.47. The van der Waals surface area contributed by atoms with E-state index in [2.05, 4.69) is 0 Å². The fourth-order valence-electron chi connectivity index (χ4n) is 1.91. The minimum absolute atomic E-state index is 0. The van der Waals surface area contributed by atoms with Gasteiger partial charge < -0.3 is 10.6 Å². The molecule has 1 amide bonds. The maximum atomic E-state index is 12.2. The van der Waals surface area contributed by atoms with Gasteiger partial charge in [-0.05, 0) is 30.7 Å². The number of thiophene rings is 1. The molecule has 0 aromatic carbocycles. The van der Waals surface area contributed by atoms with Crippen LogP contribution in [0.1, 0.15) is 28.1 Å². The van der Waals surface area contributed by atoms with Crippen molar-refractivity contribution in [3.05, 3.63) is 20.8 Å². The Hall–Kier alpha value is -0.290. The topological polar surface area (TPSA) is 46.3 Å². The van der Waals surface area contributed by atoms with Crippen LogP contribution in [0.25, 0.3) is 0 Å². The van der Waals surface area contributed by atoms with Crippen molar-refractivity contribution in [1.82, 2.24) is 4.90 Å². The molecule has 0 spiro atoms. The van der Waals surface area contributed by atoms with Crippen LogP contribution in [-0.4, -0.2) is 29.9 Å². The van der Waals surface area contributed by atoms with Crippen LogP contribution in [0.5, 0.6) is 0 Å². The van der Waals surface area contributed by atoms with Gasteiger partial charge in [-0.15, -0.1) is 23.7 Å². The van der Waals surface area contributed by atoms with Gasteiger partial charge in [0.1, 0.15) is 4.88 Å². The largest absolute Gasteiger partial charge is 0.336 e. The molecular weight excluding hydrogens is 279 g/mol. The SMILES string of the molecule is Cc1csc(C(=O)N2CCC[C@@H](N)C2)c1Cl.Cl. The summed E-state index contributed by atoms with van der Waals surface area (Å²) in [6.07, 6.45) is 1.98. The Balaban J connectivity index is 0.00000144. The Kier molecular flexibility index (Phi) is 5.25. The van der Waals surface area contributed by atoms with Gasteiger partial charge in [-0.1, -0.05) is 11.6 Å². The number of nitrogens with two attached hydrogens (primary N) is 1. The third-order valence-electron chi connectivity index (χ3n) is 2.84. The van der Waals surface area contributed by atoms with Gasteiger partial charge in [0.2, 0.25) is 0 Å². The molecule has 17 heavy (non-hydrogen) atoms. The molecule has 2 heterocycles. The summed E-state index contributed by atoms with van der Waals surface area (Å²) in [5.74, 6) is 0.0262. The van der Waals surface area contributed by atoms with Crippen LogP contribution >= 0.6 is 35.3 Å². The summed E-state index contributed by atoms with van der Waals surface area (Å²) < 4.78 is 0. The van der Waals surface area contributed by atoms with Crippen LogP contribution in [0.15, 0.2) is 5.38 Å². The number of amides is 1. The van der Waals surface area contributed by atoms with Crippen LogP contribution in [0, 0.1) is 6.92 Å². The second-order valence-electron chi connectivity index (χ2n) is 4.22. The van der Waals surface area contributed by atoms with Crippen molar-refractivity contribution < 1.29 is 4.79 Å². The van der Waals surface area contributed by atoms with Gasteiger partial charge in [0.25, 0.3) is 5.91 Å². The highest BCUT2D eigenvalue weighted by molar-refractivity contribution is 7.13. The van der Waals surface area contributed by atoms with Gasteiger partial charge in [-0.3, -0.25) is 4.79 Å². The third kappa shape index (κ3) is 3.13. The number of piperidine rings is 1. The van der Waals surface area contributed by atoms with Gasteiger partial charge in [0.05, 0.1) is 5.02 Å². The van der Waals surface area contributed by atoms with E-state index >= 15 is 0 Å². The molecule has 1 aromatic heterocycles. The molecule has 2 rings (SSSR count). The average molecular weight is 295 g/mol. The van der Waals surface area contributed by atoms with Crippen molar-refractivity contribution in [2.45, 2.75) is 25.8 Å². The predicted molar refractivity (Wildman–Crippen MR) is 74.4 cm³/mol. The van der Waals surface area contributed by atoms with Crippen molar-refractivity contribution in [3.63, 3.8) is 0 Å². The van der Waals surface area contributed by atoms with E-state index in [1.165, 1.54) is 11.3 Å². The maximum absolute atomic E-state index is 12.2. The maximum Gasteiger partial charge on any atom is 0.265 e. The summed E-state index contributed by atoms with van der Waals surface area (Å²) in [6.45, 7) is 3.35. The minimum atomic E-state index is 0. The molecule has 0 saturated carbocycles. The highest BCUT2D eigenvalue weighted by Crippen LogP contribution is 2.29. The summed E-state index contributed by atoms with van der Waals surface area (Å²) in [5.41, 5.74) is 6.83. The van der Waals surface area contributed by atoms with Gasteiger partial charge in [0.15, 0.2) is 0 Å². The standard InChI is InChI=1S/C11H15ClN2OS.ClH/c1-7-6-16-10(9(7)12)11(15)14-4-2-3-8(13)5-14;/h6,8H,2-5,13H2,1H3;1H/t8-;/m1./s1. The first-order valence-electron chi connectivity index (χ1n) is 5.38. The summed E-state index contributed by atoms with van der Waals surface area (Å²) in [7, 11) is 0. The van der Waals surface area contributed by atoms with Gasteiger partial charge in [0, 0.05) is 19.1 Å². The molecule has 1 aromatic rings. The Morgan fingerprint density at radius 2 is 2.35 bits per heavy atom. The highest BCUT2D eigenvalue weighted by Gasteiger charge is 2.25. The molecule has 6 heteroatoms. The number of carbonyl (C=O) groups is 1. The quantitative estimate of drug-likeness (QED) is 0.866. The van der Waals surface area contributed by atoms with E-state index in [1.54, 1.807) is 0 Å². The average Bonchev–Trinajstić information content (AvgIpc) is 2.59. The molecule has 1 fully saturated rings. The lowest BCUT2D eigenvalue weighted by Gasteiger charge is -2.30. The third-order valence-corrected chi connectivity index (χ3v) is 4.52. The second kappa shape index (κ2) is 6.05.